The van der Waals surface area contributed by atoms with Gasteiger partial charge in [0, 0.05) is 57.6 Å². The molecule has 2 aromatic rings. The first-order valence-electron chi connectivity index (χ1n) is 8.40. The molecular formula is C17H23N5O2S. The first-order chi connectivity index (χ1) is 12.3. The number of aromatic nitrogens is 2. The molecule has 0 atom stereocenters. The number of carbonyl (C=O) groups is 1. The molecule has 1 N–H and O–H groups in total. The van der Waals surface area contributed by atoms with Crippen molar-refractivity contribution in [3.63, 3.8) is 0 Å². The van der Waals surface area contributed by atoms with Crippen LogP contribution in [0.1, 0.15) is 16.8 Å². The number of thiazole rings is 1. The van der Waals surface area contributed by atoms with Crippen LogP contribution in [0.25, 0.3) is 0 Å². The van der Waals surface area contributed by atoms with Gasteiger partial charge in [0.25, 0.3) is 5.91 Å². The first kappa shape index (κ1) is 17.6. The van der Waals surface area contributed by atoms with Crippen LogP contribution in [-0.2, 0) is 4.74 Å². The molecule has 7 nitrogen and oxygen atoms in total. The number of hydrogen-bond acceptors (Lipinski definition) is 7. The van der Waals surface area contributed by atoms with Crippen molar-refractivity contribution in [2.24, 2.45) is 0 Å². The summed E-state index contributed by atoms with van der Waals surface area (Å²) in [6, 6.07) is 3.75. The van der Waals surface area contributed by atoms with E-state index in [1.54, 1.807) is 24.6 Å². The number of anilines is 2. The quantitative estimate of drug-likeness (QED) is 0.789. The smallest absolute Gasteiger partial charge is 0.252 e. The van der Waals surface area contributed by atoms with E-state index in [1.165, 1.54) is 0 Å². The highest BCUT2D eigenvalue weighted by Gasteiger charge is 2.18. The topological polar surface area (TPSA) is 70.6 Å². The van der Waals surface area contributed by atoms with Gasteiger partial charge in [-0.3, -0.25) is 4.79 Å². The molecule has 1 amide bonds. The van der Waals surface area contributed by atoms with Crippen molar-refractivity contribution in [3.05, 3.63) is 35.5 Å². The molecule has 8 heteroatoms. The average Bonchev–Trinajstić information content (AvgIpc) is 3.07. The number of hydrogen-bond donors (Lipinski definition) is 1. The number of methoxy groups -OCH3 is 1. The predicted molar refractivity (Wildman–Crippen MR) is 99.6 cm³/mol. The summed E-state index contributed by atoms with van der Waals surface area (Å²) in [6.07, 6.45) is 4.54. The van der Waals surface area contributed by atoms with Crippen molar-refractivity contribution in [2.75, 3.05) is 56.2 Å². The zero-order chi connectivity index (χ0) is 17.5. The lowest BCUT2D eigenvalue weighted by molar-refractivity contribution is 0.0937. The zero-order valence-corrected chi connectivity index (χ0v) is 15.2. The number of pyridine rings is 1. The van der Waals surface area contributed by atoms with Crippen LogP contribution in [0.3, 0.4) is 0 Å². The van der Waals surface area contributed by atoms with Crippen LogP contribution in [0.5, 0.6) is 0 Å². The molecule has 3 rings (SSSR count). The minimum absolute atomic E-state index is 0.123. The van der Waals surface area contributed by atoms with E-state index < -0.39 is 0 Å². The highest BCUT2D eigenvalue weighted by Crippen LogP contribution is 2.21. The van der Waals surface area contributed by atoms with Crippen LogP contribution in [-0.4, -0.2) is 62.3 Å². The summed E-state index contributed by atoms with van der Waals surface area (Å²) in [4.78, 5) is 25.5. The summed E-state index contributed by atoms with van der Waals surface area (Å²) >= 11 is 1.68. The number of nitrogens with zero attached hydrogens (tertiary/aromatic N) is 4. The fourth-order valence-electron chi connectivity index (χ4n) is 2.79. The van der Waals surface area contributed by atoms with Crippen molar-refractivity contribution >= 4 is 28.2 Å². The Morgan fingerprint density at radius 3 is 2.80 bits per heavy atom. The maximum atomic E-state index is 12.0. The Balaban J connectivity index is 1.57. The lowest BCUT2D eigenvalue weighted by atomic mass is 10.2. The molecule has 0 aromatic carbocycles. The molecule has 0 saturated carbocycles. The lowest BCUT2D eigenvalue weighted by Crippen LogP contribution is -2.31. The highest BCUT2D eigenvalue weighted by molar-refractivity contribution is 7.13. The second kappa shape index (κ2) is 8.77. The molecular weight excluding hydrogens is 338 g/mol. The summed E-state index contributed by atoms with van der Waals surface area (Å²) in [6.45, 7) is 4.77. The van der Waals surface area contributed by atoms with Gasteiger partial charge in [-0.15, -0.1) is 11.3 Å². The Bertz CT molecular complexity index is 662. The number of ether oxygens (including phenoxy) is 1. The molecule has 25 heavy (non-hydrogen) atoms. The molecule has 0 spiro atoms. The van der Waals surface area contributed by atoms with Crippen LogP contribution in [0.4, 0.5) is 10.9 Å². The van der Waals surface area contributed by atoms with E-state index >= 15 is 0 Å². The van der Waals surface area contributed by atoms with Gasteiger partial charge in [0.1, 0.15) is 5.82 Å². The molecule has 0 unspecified atom stereocenters. The minimum Gasteiger partial charge on any atom is -0.383 e. The maximum Gasteiger partial charge on any atom is 0.252 e. The Morgan fingerprint density at radius 1 is 1.24 bits per heavy atom. The molecule has 134 valence electrons. The van der Waals surface area contributed by atoms with Gasteiger partial charge < -0.3 is 19.9 Å². The number of nitrogens with one attached hydrogen (secondary N) is 1. The standard InChI is InChI=1S/C17H23N5O2S/c1-24-11-5-18-16(23)14-3-4-15(20-13-14)21-7-2-8-22(10-9-21)17-19-6-12-25-17/h3-4,6,12-13H,2,5,7-11H2,1H3,(H,18,23). The van der Waals surface area contributed by atoms with Crippen molar-refractivity contribution in [1.29, 1.82) is 0 Å². The van der Waals surface area contributed by atoms with Crippen LogP contribution >= 0.6 is 11.3 Å². The van der Waals surface area contributed by atoms with Gasteiger partial charge in [0.05, 0.1) is 12.2 Å². The van der Waals surface area contributed by atoms with E-state index in [0.29, 0.717) is 18.7 Å². The van der Waals surface area contributed by atoms with E-state index in [-0.39, 0.29) is 5.91 Å². The summed E-state index contributed by atoms with van der Waals surface area (Å²) in [7, 11) is 1.61. The second-order valence-corrected chi connectivity index (χ2v) is 6.67. The number of amides is 1. The molecule has 2 aromatic heterocycles. The van der Waals surface area contributed by atoms with Gasteiger partial charge in [-0.2, -0.15) is 0 Å². The fraction of sp³-hybridized carbons (Fsp3) is 0.471. The van der Waals surface area contributed by atoms with Crippen LogP contribution in [0.15, 0.2) is 29.9 Å². The fourth-order valence-corrected chi connectivity index (χ4v) is 3.48. The van der Waals surface area contributed by atoms with Gasteiger partial charge in [0.2, 0.25) is 0 Å². The molecule has 1 saturated heterocycles. The van der Waals surface area contributed by atoms with Crippen LogP contribution < -0.4 is 15.1 Å². The summed E-state index contributed by atoms with van der Waals surface area (Å²) in [5.41, 5.74) is 0.569. The van der Waals surface area contributed by atoms with Gasteiger partial charge in [-0.05, 0) is 18.6 Å². The Labute approximate surface area is 151 Å². The molecule has 0 bridgehead atoms. The van der Waals surface area contributed by atoms with Crippen molar-refractivity contribution in [2.45, 2.75) is 6.42 Å². The van der Waals surface area contributed by atoms with Gasteiger partial charge in [-0.25, -0.2) is 9.97 Å². The normalized spacial score (nSPS) is 15.1. The SMILES string of the molecule is COCCNC(=O)c1ccc(N2CCCN(c3nccs3)CC2)nc1. The van der Waals surface area contributed by atoms with Gasteiger partial charge in [-0.1, -0.05) is 0 Å². The molecule has 1 aliphatic heterocycles. The third kappa shape index (κ3) is 4.67. The number of carbonyl (C=O) groups excluding carboxylic acids is 1. The van der Waals surface area contributed by atoms with Gasteiger partial charge in [0.15, 0.2) is 5.13 Å². The Hall–Kier alpha value is -2.19. The van der Waals surface area contributed by atoms with E-state index in [0.717, 1.165) is 43.5 Å². The first-order valence-corrected chi connectivity index (χ1v) is 9.28. The van der Waals surface area contributed by atoms with E-state index in [2.05, 4.69) is 25.1 Å². The molecule has 1 aliphatic rings. The second-order valence-electron chi connectivity index (χ2n) is 5.80. The van der Waals surface area contributed by atoms with Crippen LogP contribution in [0, 0.1) is 0 Å². The largest absolute Gasteiger partial charge is 0.383 e. The Kier molecular flexibility index (Phi) is 6.19. The van der Waals surface area contributed by atoms with Crippen molar-refractivity contribution in [3.8, 4) is 0 Å². The average molecular weight is 361 g/mol. The third-order valence-electron chi connectivity index (χ3n) is 4.11. The van der Waals surface area contributed by atoms with E-state index in [1.807, 2.05) is 23.7 Å². The van der Waals surface area contributed by atoms with Crippen LogP contribution in [0.2, 0.25) is 0 Å². The lowest BCUT2D eigenvalue weighted by Gasteiger charge is -2.22. The van der Waals surface area contributed by atoms with E-state index in [4.69, 9.17) is 4.74 Å². The summed E-state index contributed by atoms with van der Waals surface area (Å²) < 4.78 is 4.93. The molecule has 1 fully saturated rings. The maximum absolute atomic E-state index is 12.0. The predicted octanol–water partition coefficient (Wildman–Crippen LogP) is 1.63. The molecule has 3 heterocycles. The minimum atomic E-state index is -0.123. The summed E-state index contributed by atoms with van der Waals surface area (Å²) in [5.74, 6) is 0.788. The molecule has 0 radical (unpaired) electrons. The van der Waals surface area contributed by atoms with E-state index in [9.17, 15) is 4.79 Å². The molecule has 0 aliphatic carbocycles. The third-order valence-corrected chi connectivity index (χ3v) is 4.94. The van der Waals surface area contributed by atoms with Crippen molar-refractivity contribution in [1.82, 2.24) is 15.3 Å². The summed E-state index contributed by atoms with van der Waals surface area (Å²) in [5, 5.41) is 5.89. The van der Waals surface area contributed by atoms with Crippen molar-refractivity contribution < 1.29 is 9.53 Å². The number of rotatable bonds is 6. The van der Waals surface area contributed by atoms with Gasteiger partial charge >= 0.3 is 0 Å². The zero-order valence-electron chi connectivity index (χ0n) is 14.4. The Morgan fingerprint density at radius 2 is 2.08 bits per heavy atom. The monoisotopic (exact) mass is 361 g/mol. The highest BCUT2D eigenvalue weighted by atomic mass is 32.1.